The van der Waals surface area contributed by atoms with Gasteiger partial charge in [0.2, 0.25) is 5.91 Å². The van der Waals surface area contributed by atoms with Crippen LogP contribution in [0.4, 0.5) is 0 Å². The molecule has 0 saturated carbocycles. The van der Waals surface area contributed by atoms with Gasteiger partial charge in [0.25, 0.3) is 5.91 Å². The molecule has 32 heavy (non-hydrogen) atoms. The maximum Gasteiger partial charge on any atom is 0.271 e. The third kappa shape index (κ3) is 3.49. The Morgan fingerprint density at radius 3 is 2.66 bits per heavy atom. The number of thiophene rings is 1. The van der Waals surface area contributed by atoms with Gasteiger partial charge in [-0.15, -0.1) is 11.3 Å². The number of aromatic nitrogens is 1. The lowest BCUT2D eigenvalue weighted by atomic mass is 9.93. The van der Waals surface area contributed by atoms with Gasteiger partial charge < -0.3 is 14.8 Å². The average molecular weight is 464 g/mol. The normalized spacial score (nSPS) is 18.1. The summed E-state index contributed by atoms with van der Waals surface area (Å²) in [5, 5.41) is 6.65. The topological polar surface area (TPSA) is 54.3 Å². The Labute approximate surface area is 195 Å². The molecule has 1 N–H and O–H groups in total. The Morgan fingerprint density at radius 2 is 1.88 bits per heavy atom. The van der Waals surface area contributed by atoms with Crippen molar-refractivity contribution in [1.82, 2.24) is 14.8 Å². The van der Waals surface area contributed by atoms with Crippen LogP contribution in [0.2, 0.25) is 5.02 Å². The first-order chi connectivity index (χ1) is 15.5. The zero-order valence-electron chi connectivity index (χ0n) is 17.5. The number of amides is 2. The van der Waals surface area contributed by atoms with Crippen molar-refractivity contribution >= 4 is 45.0 Å². The van der Waals surface area contributed by atoms with Crippen LogP contribution >= 0.6 is 22.9 Å². The molecule has 0 aliphatic carbocycles. The van der Waals surface area contributed by atoms with Crippen molar-refractivity contribution in [2.24, 2.45) is 0 Å². The molecule has 0 spiro atoms. The average Bonchev–Trinajstić information content (AvgIpc) is 3.39. The summed E-state index contributed by atoms with van der Waals surface area (Å²) in [5.74, 6) is -0.359. The molecule has 162 valence electrons. The number of benzene rings is 2. The Balaban J connectivity index is 1.53. The van der Waals surface area contributed by atoms with Crippen molar-refractivity contribution in [2.75, 3.05) is 0 Å². The molecule has 0 fully saturated rings. The van der Waals surface area contributed by atoms with E-state index in [9.17, 15) is 9.59 Å². The molecule has 2 aromatic heterocycles. The second kappa shape index (κ2) is 8.11. The second-order valence-corrected chi connectivity index (χ2v) is 9.52. The Kier molecular flexibility index (Phi) is 5.27. The molecule has 0 saturated heterocycles. The summed E-state index contributed by atoms with van der Waals surface area (Å²) < 4.78 is 1.98. The van der Waals surface area contributed by atoms with Gasteiger partial charge in [0.1, 0.15) is 16.1 Å². The van der Waals surface area contributed by atoms with Crippen molar-refractivity contribution in [2.45, 2.75) is 32.1 Å². The minimum Gasteiger partial charge on any atom is -0.350 e. The van der Waals surface area contributed by atoms with Crippen molar-refractivity contribution < 1.29 is 9.59 Å². The Hall–Kier alpha value is -3.09. The van der Waals surface area contributed by atoms with Crippen LogP contribution in [-0.2, 0) is 24.4 Å². The number of carbonyl (C=O) groups excluding carboxylic acids is 2. The second-order valence-electron chi connectivity index (χ2n) is 8.22. The summed E-state index contributed by atoms with van der Waals surface area (Å²) in [7, 11) is 0. The van der Waals surface area contributed by atoms with Crippen LogP contribution in [-0.4, -0.2) is 26.8 Å². The van der Waals surface area contributed by atoms with Crippen LogP contribution in [0.15, 0.2) is 72.1 Å². The fourth-order valence-corrected chi connectivity index (χ4v) is 5.36. The van der Waals surface area contributed by atoms with Gasteiger partial charge in [-0.3, -0.25) is 9.59 Å². The van der Waals surface area contributed by atoms with E-state index in [0.717, 1.165) is 21.3 Å². The van der Waals surface area contributed by atoms with E-state index < -0.39 is 5.54 Å². The fourth-order valence-electron chi connectivity index (χ4n) is 4.27. The first kappa shape index (κ1) is 20.8. The number of carbonyl (C=O) groups is 2. The molecule has 2 amide bonds. The van der Waals surface area contributed by atoms with E-state index in [4.69, 9.17) is 11.6 Å². The van der Waals surface area contributed by atoms with E-state index in [1.807, 2.05) is 77.5 Å². The highest BCUT2D eigenvalue weighted by atomic mass is 35.5. The van der Waals surface area contributed by atoms with Gasteiger partial charge in [-0.1, -0.05) is 60.1 Å². The number of hydrogen-bond acceptors (Lipinski definition) is 3. The molecule has 0 radical (unpaired) electrons. The number of halogens is 1. The van der Waals surface area contributed by atoms with E-state index >= 15 is 0 Å². The summed E-state index contributed by atoms with van der Waals surface area (Å²) >= 11 is 7.99. The minimum absolute atomic E-state index is 0.170. The smallest absolute Gasteiger partial charge is 0.271 e. The molecule has 1 aliphatic heterocycles. The minimum atomic E-state index is -1.08. The van der Waals surface area contributed by atoms with Crippen molar-refractivity contribution in [1.29, 1.82) is 0 Å². The van der Waals surface area contributed by atoms with Gasteiger partial charge in [-0.25, -0.2) is 0 Å². The zero-order valence-corrected chi connectivity index (χ0v) is 19.1. The number of nitrogens with zero attached hydrogens (tertiary/aromatic N) is 2. The van der Waals surface area contributed by atoms with Crippen LogP contribution in [0.5, 0.6) is 0 Å². The van der Waals surface area contributed by atoms with Gasteiger partial charge in [0.05, 0.1) is 6.54 Å². The Morgan fingerprint density at radius 1 is 1.12 bits per heavy atom. The molecular weight excluding hydrogens is 442 g/mol. The largest absolute Gasteiger partial charge is 0.350 e. The van der Waals surface area contributed by atoms with Gasteiger partial charge in [0, 0.05) is 23.5 Å². The van der Waals surface area contributed by atoms with E-state index in [1.54, 1.807) is 22.3 Å². The molecular formula is C25H22ClN3O2S. The van der Waals surface area contributed by atoms with Crippen molar-refractivity contribution in [3.05, 3.63) is 94.0 Å². The zero-order chi connectivity index (χ0) is 22.3. The molecule has 4 aromatic rings. The third-order valence-electron chi connectivity index (χ3n) is 6.10. The highest BCUT2D eigenvalue weighted by molar-refractivity contribution is 7.16. The van der Waals surface area contributed by atoms with Crippen LogP contribution in [0, 0.1) is 0 Å². The van der Waals surface area contributed by atoms with Crippen molar-refractivity contribution in [3.8, 4) is 0 Å². The molecule has 5 rings (SSSR count). The van der Waals surface area contributed by atoms with Crippen LogP contribution in [0.25, 0.3) is 10.2 Å². The number of fused-ring (bicyclic) bond motifs is 3. The molecule has 7 heteroatoms. The molecule has 2 aromatic carbocycles. The van der Waals surface area contributed by atoms with E-state index in [1.165, 1.54) is 0 Å². The standard InChI is InChI=1S/C25H22ClN3O2S/c1-25(24(31)27-14-17-7-3-2-4-8-17)16-28-21(13-18-11-12-32-23(18)28)22(30)29(25)15-19-9-5-6-10-20(19)26/h2-13H,14-16H2,1H3,(H,27,31)/t25-/m0/s1. The maximum atomic E-state index is 13.7. The predicted molar refractivity (Wildman–Crippen MR) is 128 cm³/mol. The number of nitrogens with one attached hydrogen (secondary N) is 1. The summed E-state index contributed by atoms with van der Waals surface area (Å²) in [6.07, 6.45) is 0. The summed E-state index contributed by atoms with van der Waals surface area (Å²) in [4.78, 5) is 29.9. The molecule has 0 unspecified atom stereocenters. The van der Waals surface area contributed by atoms with Gasteiger partial charge in [-0.05, 0) is 41.6 Å². The molecule has 5 nitrogen and oxygen atoms in total. The quantitative estimate of drug-likeness (QED) is 0.448. The van der Waals surface area contributed by atoms with Crippen LogP contribution < -0.4 is 5.32 Å². The summed E-state index contributed by atoms with van der Waals surface area (Å²) in [5.41, 5.74) is 1.35. The highest BCUT2D eigenvalue weighted by Gasteiger charge is 2.47. The SMILES string of the molecule is C[C@@]1(C(=O)NCc2ccccc2)Cn2c(cc3ccsc32)C(=O)N1Cc1ccccc1Cl. The monoisotopic (exact) mass is 463 g/mol. The fraction of sp³-hybridized carbons (Fsp3) is 0.200. The number of rotatable bonds is 5. The van der Waals surface area contributed by atoms with Crippen molar-refractivity contribution in [3.63, 3.8) is 0 Å². The summed E-state index contributed by atoms with van der Waals surface area (Å²) in [6.45, 7) is 2.87. The number of hydrogen-bond donors (Lipinski definition) is 1. The molecule has 3 heterocycles. The van der Waals surface area contributed by atoms with E-state index in [0.29, 0.717) is 23.8 Å². The van der Waals surface area contributed by atoms with Gasteiger partial charge in [0.15, 0.2) is 0 Å². The molecule has 1 aliphatic rings. The predicted octanol–water partition coefficient (Wildman–Crippen LogP) is 5.09. The summed E-state index contributed by atoms with van der Waals surface area (Å²) in [6, 6.07) is 21.1. The highest BCUT2D eigenvalue weighted by Crippen LogP contribution is 2.36. The van der Waals surface area contributed by atoms with E-state index in [-0.39, 0.29) is 18.4 Å². The van der Waals surface area contributed by atoms with Crippen LogP contribution in [0.1, 0.15) is 28.5 Å². The third-order valence-corrected chi connectivity index (χ3v) is 7.42. The first-order valence-electron chi connectivity index (χ1n) is 10.4. The van der Waals surface area contributed by atoms with Crippen LogP contribution in [0.3, 0.4) is 0 Å². The molecule has 0 bridgehead atoms. The first-order valence-corrected chi connectivity index (χ1v) is 11.7. The lowest BCUT2D eigenvalue weighted by Crippen LogP contribution is -2.63. The lowest BCUT2D eigenvalue weighted by Gasteiger charge is -2.44. The maximum absolute atomic E-state index is 13.7. The van der Waals surface area contributed by atoms with E-state index in [2.05, 4.69) is 5.32 Å². The van der Waals surface area contributed by atoms with Gasteiger partial charge in [-0.2, -0.15) is 0 Å². The Bertz CT molecular complexity index is 1310. The molecule has 1 atom stereocenters. The van der Waals surface area contributed by atoms with Gasteiger partial charge >= 0.3 is 0 Å². The lowest BCUT2D eigenvalue weighted by molar-refractivity contribution is -0.133.